The van der Waals surface area contributed by atoms with Crippen molar-refractivity contribution >= 4 is 17.8 Å². The number of amides is 2. The molecule has 1 saturated carbocycles. The summed E-state index contributed by atoms with van der Waals surface area (Å²) in [5.41, 5.74) is 1.10. The summed E-state index contributed by atoms with van der Waals surface area (Å²) in [6, 6.07) is 9.89. The summed E-state index contributed by atoms with van der Waals surface area (Å²) in [7, 11) is 0. The molecule has 2 aliphatic rings. The molecule has 2 aromatic rings. The molecule has 2 unspecified atom stereocenters. The summed E-state index contributed by atoms with van der Waals surface area (Å²) in [6.07, 6.45) is 4.22. The number of H-pyrrole nitrogens is 1. The second kappa shape index (κ2) is 5.61. The van der Waals surface area contributed by atoms with Crippen LogP contribution in [0.5, 0.6) is 0 Å². The lowest BCUT2D eigenvalue weighted by Gasteiger charge is -2.19. The van der Waals surface area contributed by atoms with E-state index in [1.165, 1.54) is 4.90 Å². The molecule has 4 rings (SSSR count). The van der Waals surface area contributed by atoms with Crippen molar-refractivity contribution in [2.75, 3.05) is 4.90 Å². The van der Waals surface area contributed by atoms with E-state index in [2.05, 4.69) is 15.2 Å². The fourth-order valence-corrected chi connectivity index (χ4v) is 3.61. The van der Waals surface area contributed by atoms with E-state index in [9.17, 15) is 9.59 Å². The molecule has 1 aromatic heterocycles. The molecule has 1 N–H and O–H groups in total. The third-order valence-electron chi connectivity index (χ3n) is 4.78. The van der Waals surface area contributed by atoms with Crippen LogP contribution in [-0.4, -0.2) is 27.0 Å². The van der Waals surface area contributed by atoms with E-state index in [1.807, 2.05) is 30.3 Å². The van der Waals surface area contributed by atoms with Crippen molar-refractivity contribution in [2.45, 2.75) is 32.1 Å². The number of aromatic nitrogens is 3. The molecule has 1 saturated heterocycles. The van der Waals surface area contributed by atoms with Crippen LogP contribution in [0.2, 0.25) is 0 Å². The van der Waals surface area contributed by atoms with Crippen LogP contribution in [0.4, 0.5) is 5.95 Å². The molecule has 1 aliphatic carbocycles. The van der Waals surface area contributed by atoms with Gasteiger partial charge in [0.15, 0.2) is 0 Å². The van der Waals surface area contributed by atoms with Gasteiger partial charge in [0.05, 0.1) is 11.8 Å². The zero-order chi connectivity index (χ0) is 15.8. The Balaban J connectivity index is 1.57. The maximum absolute atomic E-state index is 12.5. The second-order valence-electron chi connectivity index (χ2n) is 6.25. The first-order chi connectivity index (χ1) is 11.2. The number of nitrogens with zero attached hydrogens (tertiary/aromatic N) is 3. The summed E-state index contributed by atoms with van der Waals surface area (Å²) in [5, 5.41) is 6.95. The molecule has 1 aromatic carbocycles. The second-order valence-corrected chi connectivity index (χ2v) is 6.25. The first-order valence-electron chi connectivity index (χ1n) is 8.07. The van der Waals surface area contributed by atoms with E-state index in [-0.39, 0.29) is 29.6 Å². The fourth-order valence-electron chi connectivity index (χ4n) is 3.61. The minimum absolute atomic E-state index is 0.134. The molecular formula is C17H18N4O2. The zero-order valence-electron chi connectivity index (χ0n) is 12.7. The van der Waals surface area contributed by atoms with Gasteiger partial charge in [-0.05, 0) is 18.4 Å². The highest BCUT2D eigenvalue weighted by molar-refractivity contribution is 6.21. The lowest BCUT2D eigenvalue weighted by Crippen LogP contribution is -2.31. The Labute approximate surface area is 133 Å². The van der Waals surface area contributed by atoms with Gasteiger partial charge in [0.1, 0.15) is 5.82 Å². The maximum atomic E-state index is 12.5. The third kappa shape index (κ3) is 2.44. The number of rotatable bonds is 3. The van der Waals surface area contributed by atoms with Gasteiger partial charge < -0.3 is 0 Å². The largest absolute Gasteiger partial charge is 0.274 e. The molecule has 6 nitrogen and oxygen atoms in total. The molecule has 118 valence electrons. The lowest BCUT2D eigenvalue weighted by atomic mass is 9.81. The van der Waals surface area contributed by atoms with Crippen LogP contribution in [-0.2, 0) is 16.0 Å². The molecule has 2 amide bonds. The van der Waals surface area contributed by atoms with Crippen LogP contribution in [0.3, 0.4) is 0 Å². The monoisotopic (exact) mass is 310 g/mol. The number of hydrogen-bond acceptors (Lipinski definition) is 4. The molecule has 23 heavy (non-hydrogen) atoms. The van der Waals surface area contributed by atoms with Crippen LogP contribution in [0, 0.1) is 11.8 Å². The van der Waals surface area contributed by atoms with E-state index < -0.39 is 0 Å². The quantitative estimate of drug-likeness (QED) is 0.880. The number of imide groups is 1. The fraction of sp³-hybridized carbons (Fsp3) is 0.412. The van der Waals surface area contributed by atoms with Gasteiger partial charge >= 0.3 is 0 Å². The topological polar surface area (TPSA) is 79.0 Å². The molecule has 1 aliphatic heterocycles. The zero-order valence-corrected chi connectivity index (χ0v) is 12.7. The van der Waals surface area contributed by atoms with Crippen molar-refractivity contribution in [1.82, 2.24) is 15.2 Å². The van der Waals surface area contributed by atoms with E-state index in [1.54, 1.807) is 0 Å². The average Bonchev–Trinajstić information content (AvgIpc) is 3.12. The number of fused-ring (bicyclic) bond motifs is 1. The van der Waals surface area contributed by atoms with Crippen molar-refractivity contribution in [2.24, 2.45) is 11.8 Å². The van der Waals surface area contributed by atoms with Gasteiger partial charge in [0, 0.05) is 6.42 Å². The minimum atomic E-state index is -0.174. The van der Waals surface area contributed by atoms with E-state index in [0.29, 0.717) is 12.2 Å². The molecule has 2 atom stereocenters. The predicted molar refractivity (Wildman–Crippen MR) is 83.6 cm³/mol. The molecule has 0 radical (unpaired) electrons. The molecule has 2 fully saturated rings. The highest BCUT2D eigenvalue weighted by Crippen LogP contribution is 2.39. The predicted octanol–water partition coefficient (Wildman–Crippen LogP) is 2.08. The van der Waals surface area contributed by atoms with Crippen molar-refractivity contribution in [1.29, 1.82) is 0 Å². The first-order valence-corrected chi connectivity index (χ1v) is 8.07. The molecular weight excluding hydrogens is 292 g/mol. The maximum Gasteiger partial charge on any atom is 0.258 e. The van der Waals surface area contributed by atoms with Crippen LogP contribution in [0.1, 0.15) is 37.1 Å². The number of aromatic amines is 1. The van der Waals surface area contributed by atoms with Gasteiger partial charge in [-0.2, -0.15) is 4.98 Å². The summed E-state index contributed by atoms with van der Waals surface area (Å²) < 4.78 is 0. The standard InChI is InChI=1S/C17H18N4O2/c22-15-12-8-4-5-9-13(12)16(23)21(15)17-18-14(19-20-17)10-11-6-2-1-3-7-11/h1-3,6-7,12-13H,4-5,8-10H2,(H,18,19,20). The van der Waals surface area contributed by atoms with Crippen molar-refractivity contribution in [3.05, 3.63) is 41.7 Å². The number of benzene rings is 1. The minimum Gasteiger partial charge on any atom is -0.274 e. The van der Waals surface area contributed by atoms with Crippen LogP contribution in [0.15, 0.2) is 30.3 Å². The number of carbonyl (C=O) groups is 2. The normalized spacial score (nSPS) is 24.1. The average molecular weight is 310 g/mol. The molecule has 0 spiro atoms. The van der Waals surface area contributed by atoms with Crippen LogP contribution in [0.25, 0.3) is 0 Å². The number of hydrogen-bond donors (Lipinski definition) is 1. The number of nitrogens with one attached hydrogen (secondary N) is 1. The summed E-state index contributed by atoms with van der Waals surface area (Å²) in [6.45, 7) is 0. The molecule has 6 heteroatoms. The number of anilines is 1. The SMILES string of the molecule is O=C1C2CCCCC2C(=O)N1c1n[nH]c(Cc2ccccc2)n1. The summed E-state index contributed by atoms with van der Waals surface area (Å²) in [5.74, 6) is 0.233. The summed E-state index contributed by atoms with van der Waals surface area (Å²) >= 11 is 0. The van der Waals surface area contributed by atoms with Gasteiger partial charge in [-0.15, -0.1) is 5.10 Å². The van der Waals surface area contributed by atoms with Crippen molar-refractivity contribution in [3.8, 4) is 0 Å². The Morgan fingerprint density at radius 1 is 1.04 bits per heavy atom. The Bertz CT molecular complexity index is 716. The highest BCUT2D eigenvalue weighted by Gasteiger charge is 2.50. The van der Waals surface area contributed by atoms with E-state index in [4.69, 9.17) is 0 Å². The van der Waals surface area contributed by atoms with Crippen molar-refractivity contribution < 1.29 is 9.59 Å². The Morgan fingerprint density at radius 3 is 2.35 bits per heavy atom. The Kier molecular flexibility index (Phi) is 3.44. The number of carbonyl (C=O) groups excluding carboxylic acids is 2. The third-order valence-corrected chi connectivity index (χ3v) is 4.78. The van der Waals surface area contributed by atoms with E-state index >= 15 is 0 Å². The van der Waals surface area contributed by atoms with Gasteiger partial charge in [0.25, 0.3) is 5.95 Å². The lowest BCUT2D eigenvalue weighted by molar-refractivity contribution is -0.122. The molecule has 2 heterocycles. The van der Waals surface area contributed by atoms with Gasteiger partial charge in [0.2, 0.25) is 11.8 Å². The molecule has 0 bridgehead atoms. The van der Waals surface area contributed by atoms with Gasteiger partial charge in [-0.25, -0.2) is 4.90 Å². The Hall–Kier alpha value is -2.50. The van der Waals surface area contributed by atoms with Crippen LogP contribution >= 0.6 is 0 Å². The first kappa shape index (κ1) is 14.1. The van der Waals surface area contributed by atoms with Gasteiger partial charge in [-0.1, -0.05) is 43.2 Å². The van der Waals surface area contributed by atoms with Crippen molar-refractivity contribution in [3.63, 3.8) is 0 Å². The smallest absolute Gasteiger partial charge is 0.258 e. The van der Waals surface area contributed by atoms with Gasteiger partial charge in [-0.3, -0.25) is 14.7 Å². The Morgan fingerprint density at radius 2 is 1.70 bits per heavy atom. The summed E-state index contributed by atoms with van der Waals surface area (Å²) in [4.78, 5) is 30.6. The van der Waals surface area contributed by atoms with E-state index in [0.717, 1.165) is 31.2 Å². The van der Waals surface area contributed by atoms with Crippen LogP contribution < -0.4 is 4.90 Å². The highest BCUT2D eigenvalue weighted by atomic mass is 16.2.